The predicted octanol–water partition coefficient (Wildman–Crippen LogP) is 2.11. The van der Waals surface area contributed by atoms with Gasteiger partial charge in [0.05, 0.1) is 0 Å². The van der Waals surface area contributed by atoms with Gasteiger partial charge in [0.15, 0.2) is 5.96 Å². The predicted molar refractivity (Wildman–Crippen MR) is 124 cm³/mol. The van der Waals surface area contributed by atoms with Gasteiger partial charge in [-0.05, 0) is 37.5 Å². The van der Waals surface area contributed by atoms with Crippen LogP contribution in [-0.2, 0) is 9.59 Å². The van der Waals surface area contributed by atoms with Gasteiger partial charge in [0.1, 0.15) is 0 Å². The van der Waals surface area contributed by atoms with E-state index in [0.29, 0.717) is 37.8 Å². The summed E-state index contributed by atoms with van der Waals surface area (Å²) in [5.74, 6) is 2.22. The smallest absolute Gasteiger partial charge is 0.220 e. The first-order valence-corrected chi connectivity index (χ1v) is 10.5. The number of likely N-dealkylation sites (tertiary alicyclic amines) is 1. The van der Waals surface area contributed by atoms with E-state index in [1.165, 1.54) is 32.1 Å². The number of rotatable bonds is 7. The highest BCUT2D eigenvalue weighted by Crippen LogP contribution is 2.26. The highest BCUT2D eigenvalue weighted by molar-refractivity contribution is 14.0. The molecule has 3 N–H and O–H groups in total. The molecule has 1 aliphatic carbocycles. The lowest BCUT2D eigenvalue weighted by atomic mass is 9.87. The van der Waals surface area contributed by atoms with E-state index in [9.17, 15) is 9.59 Å². The molecule has 0 aromatic rings. The van der Waals surface area contributed by atoms with Crippen molar-refractivity contribution in [1.29, 1.82) is 0 Å². The second-order valence-electron chi connectivity index (χ2n) is 7.84. The first-order valence-electron chi connectivity index (χ1n) is 10.5. The quantitative estimate of drug-likeness (QED) is 0.213. The Balaban J connectivity index is 0.00000392. The molecule has 2 amide bonds. The van der Waals surface area contributed by atoms with E-state index in [1.807, 2.05) is 0 Å². The molecule has 8 heteroatoms. The van der Waals surface area contributed by atoms with Gasteiger partial charge in [-0.15, -0.1) is 24.0 Å². The number of amides is 2. The molecule has 162 valence electrons. The number of nitrogens with one attached hydrogen (secondary N) is 3. The molecule has 2 aliphatic rings. The summed E-state index contributed by atoms with van der Waals surface area (Å²) in [6.07, 6.45) is 9.58. The van der Waals surface area contributed by atoms with E-state index in [0.717, 1.165) is 31.9 Å². The molecule has 7 nitrogen and oxygen atoms in total. The van der Waals surface area contributed by atoms with E-state index in [2.05, 4.69) is 25.8 Å². The normalized spacial score (nSPS) is 18.9. The molecule has 1 saturated heterocycles. The molecule has 0 unspecified atom stereocenters. The first-order chi connectivity index (χ1) is 13.1. The molecule has 0 atom stereocenters. The zero-order chi connectivity index (χ0) is 19.5. The maximum absolute atomic E-state index is 12.1. The Hall–Kier alpha value is -1.06. The molecule has 28 heavy (non-hydrogen) atoms. The summed E-state index contributed by atoms with van der Waals surface area (Å²) >= 11 is 0. The third-order valence-electron chi connectivity index (χ3n) is 5.81. The fraction of sp³-hybridized carbons (Fsp3) is 0.850. The molecule has 0 radical (unpaired) electrons. The minimum Gasteiger partial charge on any atom is -0.359 e. The summed E-state index contributed by atoms with van der Waals surface area (Å²) in [5, 5.41) is 9.08. The number of hydrogen-bond donors (Lipinski definition) is 3. The third-order valence-corrected chi connectivity index (χ3v) is 5.81. The minimum absolute atomic E-state index is 0. The van der Waals surface area contributed by atoms with Crippen molar-refractivity contribution in [3.63, 3.8) is 0 Å². The Morgan fingerprint density at radius 3 is 2.07 bits per heavy atom. The Labute approximate surface area is 186 Å². The Morgan fingerprint density at radius 2 is 1.46 bits per heavy atom. The van der Waals surface area contributed by atoms with Gasteiger partial charge in [-0.2, -0.15) is 0 Å². The van der Waals surface area contributed by atoms with Crippen molar-refractivity contribution in [2.45, 2.75) is 57.8 Å². The van der Waals surface area contributed by atoms with Crippen LogP contribution in [-0.4, -0.2) is 62.9 Å². The van der Waals surface area contributed by atoms with Crippen molar-refractivity contribution in [3.05, 3.63) is 0 Å². The minimum atomic E-state index is 0. The van der Waals surface area contributed by atoms with Crippen LogP contribution in [0.15, 0.2) is 4.99 Å². The molecule has 1 saturated carbocycles. The van der Waals surface area contributed by atoms with Gasteiger partial charge >= 0.3 is 0 Å². The average Bonchev–Trinajstić information content (AvgIpc) is 2.69. The second kappa shape index (κ2) is 14.0. The zero-order valence-electron chi connectivity index (χ0n) is 17.5. The molecule has 1 heterocycles. The highest BCUT2D eigenvalue weighted by Gasteiger charge is 2.23. The van der Waals surface area contributed by atoms with Crippen LogP contribution in [0.4, 0.5) is 0 Å². The van der Waals surface area contributed by atoms with E-state index < -0.39 is 0 Å². The molecule has 2 rings (SSSR count). The lowest BCUT2D eigenvalue weighted by Crippen LogP contribution is -2.47. The van der Waals surface area contributed by atoms with Crippen LogP contribution in [0.2, 0.25) is 0 Å². The number of halogens is 1. The SMILES string of the molecule is CN=C(NCCNC(=O)CC1CCCCC1)N1CCC(CC(=O)NC)CC1.I. The fourth-order valence-electron chi connectivity index (χ4n) is 4.15. The number of carbonyl (C=O) groups excluding carboxylic acids is 2. The van der Waals surface area contributed by atoms with Gasteiger partial charge < -0.3 is 20.9 Å². The summed E-state index contributed by atoms with van der Waals surface area (Å²) < 4.78 is 0. The standard InChI is InChI=1S/C20H37N5O2.HI/c1-21-18(26)14-17-8-12-25(13-9-17)20(22-2)24-11-10-23-19(27)15-16-6-4-3-5-7-16;/h16-17H,3-15H2,1-2H3,(H,21,26)(H,22,24)(H,23,27);1H. The Bertz CT molecular complexity index is 501. The van der Waals surface area contributed by atoms with Crippen LogP contribution in [0.1, 0.15) is 57.8 Å². The van der Waals surface area contributed by atoms with Crippen molar-refractivity contribution < 1.29 is 9.59 Å². The van der Waals surface area contributed by atoms with Crippen molar-refractivity contribution in [1.82, 2.24) is 20.9 Å². The largest absolute Gasteiger partial charge is 0.359 e. The van der Waals surface area contributed by atoms with E-state index >= 15 is 0 Å². The molecule has 0 spiro atoms. The Kier molecular flexibility index (Phi) is 12.5. The second-order valence-corrected chi connectivity index (χ2v) is 7.84. The van der Waals surface area contributed by atoms with Crippen molar-refractivity contribution in [2.24, 2.45) is 16.8 Å². The molecule has 0 aromatic carbocycles. The average molecular weight is 507 g/mol. The van der Waals surface area contributed by atoms with Crippen molar-refractivity contribution in [2.75, 3.05) is 40.3 Å². The summed E-state index contributed by atoms with van der Waals surface area (Å²) in [6, 6.07) is 0. The number of nitrogens with zero attached hydrogens (tertiary/aromatic N) is 2. The van der Waals surface area contributed by atoms with Gasteiger partial charge in [0.2, 0.25) is 11.8 Å². The molecular formula is C20H38IN5O2. The van der Waals surface area contributed by atoms with Crippen LogP contribution in [0.5, 0.6) is 0 Å². The van der Waals surface area contributed by atoms with Crippen LogP contribution in [0.25, 0.3) is 0 Å². The number of hydrogen-bond acceptors (Lipinski definition) is 3. The maximum atomic E-state index is 12.1. The van der Waals surface area contributed by atoms with Gasteiger partial charge in [0.25, 0.3) is 0 Å². The molecular weight excluding hydrogens is 469 g/mol. The fourth-order valence-corrected chi connectivity index (χ4v) is 4.15. The lowest BCUT2D eigenvalue weighted by Gasteiger charge is -2.34. The zero-order valence-corrected chi connectivity index (χ0v) is 19.8. The summed E-state index contributed by atoms with van der Waals surface area (Å²) in [5.41, 5.74) is 0. The van der Waals surface area contributed by atoms with E-state index in [1.54, 1.807) is 14.1 Å². The molecule has 0 aromatic heterocycles. The number of piperidine rings is 1. The van der Waals surface area contributed by atoms with Gasteiger partial charge in [-0.1, -0.05) is 19.3 Å². The molecule has 2 fully saturated rings. The van der Waals surface area contributed by atoms with Crippen LogP contribution in [0, 0.1) is 11.8 Å². The van der Waals surface area contributed by atoms with Gasteiger partial charge in [0, 0.05) is 53.1 Å². The van der Waals surface area contributed by atoms with E-state index in [4.69, 9.17) is 0 Å². The number of carbonyl (C=O) groups is 2. The van der Waals surface area contributed by atoms with Crippen LogP contribution in [0.3, 0.4) is 0 Å². The third kappa shape index (κ3) is 8.96. The van der Waals surface area contributed by atoms with Crippen molar-refractivity contribution >= 4 is 41.8 Å². The number of aliphatic imine (C=N–C) groups is 1. The number of guanidine groups is 1. The first kappa shape index (κ1) is 25.0. The van der Waals surface area contributed by atoms with Crippen LogP contribution < -0.4 is 16.0 Å². The summed E-state index contributed by atoms with van der Waals surface area (Å²) in [6.45, 7) is 3.13. The highest BCUT2D eigenvalue weighted by atomic mass is 127. The molecule has 0 bridgehead atoms. The monoisotopic (exact) mass is 507 g/mol. The van der Waals surface area contributed by atoms with Crippen LogP contribution >= 0.6 is 24.0 Å². The van der Waals surface area contributed by atoms with Gasteiger partial charge in [-0.25, -0.2) is 0 Å². The Morgan fingerprint density at radius 1 is 0.893 bits per heavy atom. The van der Waals surface area contributed by atoms with E-state index in [-0.39, 0.29) is 35.8 Å². The lowest BCUT2D eigenvalue weighted by molar-refractivity contribution is -0.122. The van der Waals surface area contributed by atoms with Crippen molar-refractivity contribution in [3.8, 4) is 0 Å². The topological polar surface area (TPSA) is 85.8 Å². The van der Waals surface area contributed by atoms with Gasteiger partial charge in [-0.3, -0.25) is 14.6 Å². The maximum Gasteiger partial charge on any atom is 0.220 e. The summed E-state index contributed by atoms with van der Waals surface area (Å²) in [7, 11) is 3.48. The molecule has 1 aliphatic heterocycles. The summed E-state index contributed by atoms with van der Waals surface area (Å²) in [4.78, 5) is 30.2.